The second kappa shape index (κ2) is 8.59. The molecular weight excluding hydrogens is 438 g/mol. The van der Waals surface area contributed by atoms with Crippen LogP contribution in [0.2, 0.25) is 5.02 Å². The number of ether oxygens (including phenoxy) is 2. The van der Waals surface area contributed by atoms with Crippen LogP contribution in [0.25, 0.3) is 10.8 Å². The van der Waals surface area contributed by atoms with E-state index in [1.807, 2.05) is 44.2 Å². The van der Waals surface area contributed by atoms with Crippen LogP contribution in [0, 0.1) is 0 Å². The normalized spacial score (nSPS) is 20.0. The fourth-order valence-electron chi connectivity index (χ4n) is 3.74. The first-order valence-electron chi connectivity index (χ1n) is 9.91. The van der Waals surface area contributed by atoms with Gasteiger partial charge in [0.25, 0.3) is 0 Å². The van der Waals surface area contributed by atoms with Gasteiger partial charge >= 0.3 is 5.97 Å². The smallest absolute Gasteiger partial charge is 0.343 e. The van der Waals surface area contributed by atoms with Gasteiger partial charge in [-0.1, -0.05) is 48.0 Å². The molecule has 162 valence electrons. The summed E-state index contributed by atoms with van der Waals surface area (Å²) in [7, 11) is -3.91. The number of carbonyl (C=O) groups excluding carboxylic acids is 1. The fourth-order valence-corrected chi connectivity index (χ4v) is 5.83. The monoisotopic (exact) mass is 459 g/mol. The molecule has 1 aliphatic rings. The van der Waals surface area contributed by atoms with Crippen molar-refractivity contribution >= 4 is 38.4 Å². The number of hydrogen-bond acceptors (Lipinski definition) is 5. The summed E-state index contributed by atoms with van der Waals surface area (Å²) < 4.78 is 39.0. The molecule has 31 heavy (non-hydrogen) atoms. The Labute approximate surface area is 186 Å². The Balaban J connectivity index is 1.65. The van der Waals surface area contributed by atoms with Crippen LogP contribution < -0.4 is 4.74 Å². The third kappa shape index (κ3) is 4.45. The predicted molar refractivity (Wildman–Crippen MR) is 119 cm³/mol. The molecule has 1 saturated heterocycles. The Morgan fingerprint density at radius 1 is 1.03 bits per heavy atom. The van der Waals surface area contributed by atoms with Gasteiger partial charge < -0.3 is 9.47 Å². The number of fused-ring (bicyclic) bond motifs is 1. The maximum absolute atomic E-state index is 13.2. The standard InChI is InChI=1S/C23H22ClNO5S/c1-15-13-25(14-16(2)29-15)31(27,28)22-12-18(10-11-20(22)24)23(26)30-21-9-5-7-17-6-3-4-8-19(17)21/h3-12,15-16H,13-14H2,1-2H3. The first-order valence-corrected chi connectivity index (χ1v) is 11.7. The molecule has 1 fully saturated rings. The van der Waals surface area contributed by atoms with Crippen LogP contribution in [0.3, 0.4) is 0 Å². The topological polar surface area (TPSA) is 72.9 Å². The molecule has 1 aliphatic heterocycles. The molecule has 2 atom stereocenters. The minimum Gasteiger partial charge on any atom is -0.422 e. The molecule has 1 heterocycles. The average molecular weight is 460 g/mol. The number of carbonyl (C=O) groups is 1. The summed E-state index contributed by atoms with van der Waals surface area (Å²) in [5.74, 6) is -0.258. The number of sulfonamides is 1. The molecule has 0 saturated carbocycles. The van der Waals surface area contributed by atoms with Crippen molar-refractivity contribution in [3.05, 3.63) is 71.2 Å². The summed E-state index contributed by atoms with van der Waals surface area (Å²) in [5, 5.41) is 1.77. The molecule has 0 spiro atoms. The highest BCUT2D eigenvalue weighted by Crippen LogP contribution is 2.30. The van der Waals surface area contributed by atoms with E-state index in [0.29, 0.717) is 5.75 Å². The van der Waals surface area contributed by atoms with Gasteiger partial charge in [-0.3, -0.25) is 0 Å². The van der Waals surface area contributed by atoms with E-state index in [-0.39, 0.29) is 40.8 Å². The fraction of sp³-hybridized carbons (Fsp3) is 0.261. The van der Waals surface area contributed by atoms with E-state index in [1.54, 1.807) is 12.1 Å². The van der Waals surface area contributed by atoms with Gasteiger partial charge in [0.15, 0.2) is 0 Å². The zero-order valence-corrected chi connectivity index (χ0v) is 18.7. The summed E-state index contributed by atoms with van der Waals surface area (Å²) in [6.07, 6.45) is -0.478. The van der Waals surface area contributed by atoms with Crippen molar-refractivity contribution in [3.63, 3.8) is 0 Å². The van der Waals surface area contributed by atoms with Gasteiger partial charge in [0.05, 0.1) is 22.8 Å². The predicted octanol–water partition coefficient (Wildman–Crippen LogP) is 4.51. The first kappa shape index (κ1) is 21.8. The Hall–Kier alpha value is -2.45. The quantitative estimate of drug-likeness (QED) is 0.424. The zero-order valence-electron chi connectivity index (χ0n) is 17.1. The number of benzene rings is 3. The van der Waals surface area contributed by atoms with Crippen molar-refractivity contribution in [2.24, 2.45) is 0 Å². The molecule has 2 unspecified atom stereocenters. The van der Waals surface area contributed by atoms with Crippen LogP contribution in [0.1, 0.15) is 24.2 Å². The molecule has 8 heteroatoms. The minimum atomic E-state index is -3.91. The number of nitrogens with zero attached hydrogens (tertiary/aromatic N) is 1. The van der Waals surface area contributed by atoms with Crippen LogP contribution in [0.4, 0.5) is 0 Å². The average Bonchev–Trinajstić information content (AvgIpc) is 2.73. The van der Waals surface area contributed by atoms with Crippen LogP contribution in [0.5, 0.6) is 5.75 Å². The molecule has 0 radical (unpaired) electrons. The summed E-state index contributed by atoms with van der Waals surface area (Å²) in [6.45, 7) is 4.07. The van der Waals surface area contributed by atoms with Crippen molar-refractivity contribution in [2.75, 3.05) is 13.1 Å². The van der Waals surface area contributed by atoms with Crippen LogP contribution in [0.15, 0.2) is 65.6 Å². The minimum absolute atomic E-state index is 0.0495. The molecule has 0 amide bonds. The zero-order chi connectivity index (χ0) is 22.2. The van der Waals surface area contributed by atoms with E-state index < -0.39 is 16.0 Å². The largest absolute Gasteiger partial charge is 0.422 e. The van der Waals surface area contributed by atoms with Gasteiger partial charge in [-0.2, -0.15) is 4.31 Å². The number of halogens is 1. The van der Waals surface area contributed by atoms with Gasteiger partial charge in [-0.25, -0.2) is 13.2 Å². The lowest BCUT2D eigenvalue weighted by atomic mass is 10.1. The summed E-state index contributed by atoms with van der Waals surface area (Å²) >= 11 is 6.23. The summed E-state index contributed by atoms with van der Waals surface area (Å²) in [6, 6.07) is 17.1. The Morgan fingerprint density at radius 2 is 1.71 bits per heavy atom. The van der Waals surface area contributed by atoms with Crippen LogP contribution >= 0.6 is 11.6 Å². The van der Waals surface area contributed by atoms with Gasteiger partial charge in [0.2, 0.25) is 10.0 Å². The molecule has 3 aromatic rings. The third-order valence-electron chi connectivity index (χ3n) is 5.12. The van der Waals surface area contributed by atoms with Crippen LogP contribution in [-0.4, -0.2) is 44.0 Å². The lowest BCUT2D eigenvalue weighted by Crippen LogP contribution is -2.48. The van der Waals surface area contributed by atoms with Gasteiger partial charge in [-0.15, -0.1) is 0 Å². The third-order valence-corrected chi connectivity index (χ3v) is 7.44. The van der Waals surface area contributed by atoms with Gasteiger partial charge in [0, 0.05) is 18.5 Å². The van der Waals surface area contributed by atoms with E-state index >= 15 is 0 Å². The SMILES string of the molecule is CC1CN(S(=O)(=O)c2cc(C(=O)Oc3cccc4ccccc34)ccc2Cl)CC(C)O1. The molecule has 0 aromatic heterocycles. The molecule has 6 nitrogen and oxygen atoms in total. The highest BCUT2D eigenvalue weighted by Gasteiger charge is 2.34. The maximum Gasteiger partial charge on any atom is 0.343 e. The second-order valence-electron chi connectivity index (χ2n) is 7.59. The van der Waals surface area contributed by atoms with Crippen molar-refractivity contribution < 1.29 is 22.7 Å². The van der Waals surface area contributed by atoms with Crippen LogP contribution in [-0.2, 0) is 14.8 Å². The number of hydrogen-bond donors (Lipinski definition) is 0. The second-order valence-corrected chi connectivity index (χ2v) is 9.90. The lowest BCUT2D eigenvalue weighted by molar-refractivity contribution is -0.0440. The molecule has 0 aliphatic carbocycles. The highest BCUT2D eigenvalue weighted by atomic mass is 35.5. The Bertz CT molecular complexity index is 1230. The molecular formula is C23H22ClNO5S. The van der Waals surface area contributed by atoms with Gasteiger partial charge in [0.1, 0.15) is 10.6 Å². The van der Waals surface area contributed by atoms with E-state index in [9.17, 15) is 13.2 Å². The molecule has 0 bridgehead atoms. The Morgan fingerprint density at radius 3 is 2.45 bits per heavy atom. The lowest BCUT2D eigenvalue weighted by Gasteiger charge is -2.34. The molecule has 3 aromatic carbocycles. The summed E-state index contributed by atoms with van der Waals surface area (Å²) in [5.41, 5.74) is 0.102. The highest BCUT2D eigenvalue weighted by molar-refractivity contribution is 7.89. The van der Waals surface area contributed by atoms with E-state index in [2.05, 4.69) is 0 Å². The molecule has 4 rings (SSSR count). The van der Waals surface area contributed by atoms with Crippen molar-refractivity contribution in [3.8, 4) is 5.75 Å². The number of morpholine rings is 1. The van der Waals surface area contributed by atoms with Gasteiger partial charge in [-0.05, 0) is 43.5 Å². The Kier molecular flexibility index (Phi) is 6.03. The van der Waals surface area contributed by atoms with Crippen molar-refractivity contribution in [2.45, 2.75) is 31.0 Å². The van der Waals surface area contributed by atoms with Crippen molar-refractivity contribution in [1.82, 2.24) is 4.31 Å². The van der Waals surface area contributed by atoms with E-state index in [1.165, 1.54) is 22.5 Å². The number of esters is 1. The number of rotatable bonds is 4. The molecule has 0 N–H and O–H groups in total. The van der Waals surface area contributed by atoms with Crippen molar-refractivity contribution in [1.29, 1.82) is 0 Å². The first-order chi connectivity index (χ1) is 14.8. The van der Waals surface area contributed by atoms with E-state index in [0.717, 1.165) is 10.8 Å². The van der Waals surface area contributed by atoms with E-state index in [4.69, 9.17) is 21.1 Å². The maximum atomic E-state index is 13.2. The summed E-state index contributed by atoms with van der Waals surface area (Å²) in [4.78, 5) is 12.7.